The average molecular weight is 272 g/mol. The first-order chi connectivity index (χ1) is 8.99. The van der Waals surface area contributed by atoms with Crippen LogP contribution < -0.4 is 10.6 Å². The highest BCUT2D eigenvalue weighted by Gasteiger charge is 2.20. The monoisotopic (exact) mass is 272 g/mol. The van der Waals surface area contributed by atoms with Gasteiger partial charge in [0.25, 0.3) is 6.43 Å². The van der Waals surface area contributed by atoms with E-state index in [4.69, 9.17) is 5.11 Å². The van der Waals surface area contributed by atoms with E-state index in [1.807, 2.05) is 5.32 Å². The summed E-state index contributed by atoms with van der Waals surface area (Å²) in [4.78, 5) is 22.2. The molecule has 0 aliphatic rings. The van der Waals surface area contributed by atoms with Gasteiger partial charge in [0.1, 0.15) is 6.04 Å². The Bertz CT molecular complexity index is 426. The van der Waals surface area contributed by atoms with Crippen molar-refractivity contribution in [3.8, 4) is 0 Å². The number of carboxylic acids is 1. The molecule has 1 rings (SSSR count). The summed E-state index contributed by atoms with van der Waals surface area (Å²) in [6, 6.07) is 6.60. The fourth-order valence-electron chi connectivity index (χ4n) is 1.43. The van der Waals surface area contributed by atoms with E-state index < -0.39 is 31.0 Å². The number of nitrogens with one attached hydrogen (secondary N) is 2. The van der Waals surface area contributed by atoms with Gasteiger partial charge in [0.2, 0.25) is 0 Å². The maximum absolute atomic E-state index is 11.9. The molecule has 3 N–H and O–H groups in total. The summed E-state index contributed by atoms with van der Waals surface area (Å²) in [6.07, 6.45) is -2.60. The van der Waals surface area contributed by atoms with Gasteiger partial charge in [-0.1, -0.05) is 30.3 Å². The highest BCUT2D eigenvalue weighted by molar-refractivity contribution is 5.82. The normalized spacial score (nSPS) is 11.9. The zero-order valence-corrected chi connectivity index (χ0v) is 9.98. The Kier molecular flexibility index (Phi) is 5.72. The molecule has 0 aliphatic carbocycles. The van der Waals surface area contributed by atoms with Crippen molar-refractivity contribution in [2.24, 2.45) is 0 Å². The summed E-state index contributed by atoms with van der Waals surface area (Å²) in [7, 11) is 0. The van der Waals surface area contributed by atoms with Gasteiger partial charge in [0.15, 0.2) is 0 Å². The van der Waals surface area contributed by atoms with Crippen LogP contribution in [0.1, 0.15) is 5.56 Å². The van der Waals surface area contributed by atoms with E-state index in [0.717, 1.165) is 5.56 Å². The topological polar surface area (TPSA) is 78.4 Å². The molecule has 0 fully saturated rings. The molecule has 0 spiro atoms. The van der Waals surface area contributed by atoms with Crippen molar-refractivity contribution in [1.29, 1.82) is 0 Å². The van der Waals surface area contributed by atoms with Crippen molar-refractivity contribution in [3.63, 3.8) is 0 Å². The average Bonchev–Trinajstić information content (AvgIpc) is 2.36. The van der Waals surface area contributed by atoms with Gasteiger partial charge < -0.3 is 15.7 Å². The Labute approximate surface area is 108 Å². The lowest BCUT2D eigenvalue weighted by Gasteiger charge is -2.15. The van der Waals surface area contributed by atoms with Crippen molar-refractivity contribution in [2.45, 2.75) is 18.9 Å². The second-order valence-electron chi connectivity index (χ2n) is 3.83. The van der Waals surface area contributed by atoms with Crippen molar-refractivity contribution >= 4 is 12.0 Å². The van der Waals surface area contributed by atoms with Gasteiger partial charge in [-0.15, -0.1) is 0 Å². The summed E-state index contributed by atoms with van der Waals surface area (Å²) in [6.45, 7) is -0.816. The van der Waals surface area contributed by atoms with Gasteiger partial charge in [-0.05, 0) is 5.56 Å². The molecular formula is C12H14F2N2O3. The van der Waals surface area contributed by atoms with E-state index in [1.54, 1.807) is 30.3 Å². The molecule has 2 amide bonds. The SMILES string of the molecule is O=C(NCC(F)F)N[C@@H](Cc1ccccc1)C(=O)O. The van der Waals surface area contributed by atoms with Crippen LogP contribution in [0.3, 0.4) is 0 Å². The van der Waals surface area contributed by atoms with E-state index in [9.17, 15) is 18.4 Å². The minimum absolute atomic E-state index is 0.0816. The van der Waals surface area contributed by atoms with Crippen LogP contribution in [0.2, 0.25) is 0 Å². The maximum Gasteiger partial charge on any atom is 0.326 e. The molecule has 0 saturated carbocycles. The molecule has 1 atom stereocenters. The smallest absolute Gasteiger partial charge is 0.326 e. The highest BCUT2D eigenvalue weighted by atomic mass is 19.3. The molecule has 0 bridgehead atoms. The molecule has 5 nitrogen and oxygen atoms in total. The first-order valence-electron chi connectivity index (χ1n) is 5.58. The number of hydrogen-bond donors (Lipinski definition) is 3. The molecular weight excluding hydrogens is 258 g/mol. The van der Waals surface area contributed by atoms with Gasteiger partial charge >= 0.3 is 12.0 Å². The van der Waals surface area contributed by atoms with Gasteiger partial charge in [-0.3, -0.25) is 0 Å². The van der Waals surface area contributed by atoms with Crippen molar-refractivity contribution in [3.05, 3.63) is 35.9 Å². The Morgan fingerprint density at radius 2 is 1.84 bits per heavy atom. The number of urea groups is 1. The lowest BCUT2D eigenvalue weighted by molar-refractivity contribution is -0.139. The number of aliphatic carboxylic acids is 1. The Hall–Kier alpha value is -2.18. The minimum Gasteiger partial charge on any atom is -0.480 e. The summed E-state index contributed by atoms with van der Waals surface area (Å²) >= 11 is 0. The van der Waals surface area contributed by atoms with Crippen LogP contribution in [0.25, 0.3) is 0 Å². The predicted octanol–water partition coefficient (Wildman–Crippen LogP) is 1.25. The predicted molar refractivity (Wildman–Crippen MR) is 64.1 cm³/mol. The molecule has 0 heterocycles. The first-order valence-corrected chi connectivity index (χ1v) is 5.58. The van der Waals surface area contributed by atoms with Crippen LogP contribution in [0, 0.1) is 0 Å². The molecule has 0 aromatic heterocycles. The van der Waals surface area contributed by atoms with Gasteiger partial charge in [-0.2, -0.15) is 0 Å². The van der Waals surface area contributed by atoms with Gasteiger partial charge in [0, 0.05) is 6.42 Å². The minimum atomic E-state index is -2.68. The zero-order chi connectivity index (χ0) is 14.3. The fourth-order valence-corrected chi connectivity index (χ4v) is 1.43. The van der Waals surface area contributed by atoms with Crippen LogP contribution in [-0.4, -0.2) is 36.1 Å². The van der Waals surface area contributed by atoms with E-state index >= 15 is 0 Å². The number of amides is 2. The van der Waals surface area contributed by atoms with E-state index in [-0.39, 0.29) is 6.42 Å². The lowest BCUT2D eigenvalue weighted by atomic mass is 10.1. The van der Waals surface area contributed by atoms with Crippen LogP contribution >= 0.6 is 0 Å². The summed E-state index contributed by atoms with van der Waals surface area (Å²) in [5.41, 5.74) is 0.726. The fraction of sp³-hybridized carbons (Fsp3) is 0.333. The van der Waals surface area contributed by atoms with Crippen molar-refractivity contribution < 1.29 is 23.5 Å². The number of hydrogen-bond acceptors (Lipinski definition) is 2. The number of carbonyl (C=O) groups is 2. The van der Waals surface area contributed by atoms with Crippen LogP contribution in [-0.2, 0) is 11.2 Å². The third-order valence-electron chi connectivity index (χ3n) is 2.30. The third-order valence-corrected chi connectivity index (χ3v) is 2.30. The quantitative estimate of drug-likeness (QED) is 0.729. The Balaban J connectivity index is 2.54. The first kappa shape index (κ1) is 14.9. The van der Waals surface area contributed by atoms with E-state index in [1.165, 1.54) is 0 Å². The molecule has 0 unspecified atom stereocenters. The number of carboxylic acid groups (broad SMARTS) is 1. The number of alkyl halides is 2. The summed E-state index contributed by atoms with van der Waals surface area (Å²) in [5.74, 6) is -1.23. The number of benzene rings is 1. The Morgan fingerprint density at radius 3 is 2.37 bits per heavy atom. The molecule has 0 aliphatic heterocycles. The summed E-state index contributed by atoms with van der Waals surface area (Å²) < 4.78 is 23.8. The molecule has 104 valence electrons. The second kappa shape index (κ2) is 7.30. The van der Waals surface area contributed by atoms with Crippen LogP contribution in [0.5, 0.6) is 0 Å². The number of halogens is 2. The number of rotatable bonds is 6. The standard InChI is InChI=1S/C12H14F2N2O3/c13-10(14)7-15-12(19)16-9(11(17)18)6-8-4-2-1-3-5-8/h1-5,9-10H,6-7H2,(H,17,18)(H2,15,16,19)/t9-/m0/s1. The van der Waals surface area contributed by atoms with Gasteiger partial charge in [0.05, 0.1) is 6.54 Å². The number of carbonyl (C=O) groups excluding carboxylic acids is 1. The summed E-state index contributed by atoms with van der Waals surface area (Å²) in [5, 5.41) is 13.0. The second-order valence-corrected chi connectivity index (χ2v) is 3.83. The van der Waals surface area contributed by atoms with Gasteiger partial charge in [-0.25, -0.2) is 18.4 Å². The zero-order valence-electron chi connectivity index (χ0n) is 9.98. The van der Waals surface area contributed by atoms with Crippen molar-refractivity contribution in [2.75, 3.05) is 6.54 Å². The molecule has 1 aromatic carbocycles. The maximum atomic E-state index is 11.9. The molecule has 0 saturated heterocycles. The molecule has 19 heavy (non-hydrogen) atoms. The Morgan fingerprint density at radius 1 is 1.21 bits per heavy atom. The molecule has 7 heteroatoms. The van der Waals surface area contributed by atoms with E-state index in [2.05, 4.69) is 5.32 Å². The van der Waals surface area contributed by atoms with Crippen LogP contribution in [0.15, 0.2) is 30.3 Å². The van der Waals surface area contributed by atoms with E-state index in [0.29, 0.717) is 0 Å². The molecule has 0 radical (unpaired) electrons. The van der Waals surface area contributed by atoms with Crippen molar-refractivity contribution in [1.82, 2.24) is 10.6 Å². The molecule has 1 aromatic rings. The highest BCUT2D eigenvalue weighted by Crippen LogP contribution is 2.03. The lowest BCUT2D eigenvalue weighted by Crippen LogP contribution is -2.48. The largest absolute Gasteiger partial charge is 0.480 e. The third kappa shape index (κ3) is 5.80. The van der Waals surface area contributed by atoms with Crippen LogP contribution in [0.4, 0.5) is 13.6 Å².